The van der Waals surface area contributed by atoms with Crippen molar-refractivity contribution in [3.8, 4) is 11.5 Å². The Kier molecular flexibility index (Phi) is 6.04. The van der Waals surface area contributed by atoms with Gasteiger partial charge in [0.2, 0.25) is 0 Å². The van der Waals surface area contributed by atoms with Gasteiger partial charge in [-0.1, -0.05) is 30.3 Å². The number of amides is 1. The van der Waals surface area contributed by atoms with Crippen molar-refractivity contribution in [2.45, 2.75) is 39.0 Å². The van der Waals surface area contributed by atoms with E-state index in [1.54, 1.807) is 14.2 Å². The SMILES string of the molecule is COc1cccc(C2C(C(=O)Nc3ccccc3C)=C(C)NC3=C2C(=O)CCC3)c1OC. The van der Waals surface area contributed by atoms with Crippen LogP contribution in [0.2, 0.25) is 0 Å². The lowest BCUT2D eigenvalue weighted by atomic mass is 9.74. The molecule has 0 bridgehead atoms. The maximum atomic E-state index is 13.6. The van der Waals surface area contributed by atoms with Gasteiger partial charge in [-0.2, -0.15) is 0 Å². The van der Waals surface area contributed by atoms with Crippen molar-refractivity contribution in [2.24, 2.45) is 0 Å². The van der Waals surface area contributed by atoms with Crippen LogP contribution in [0.3, 0.4) is 0 Å². The molecular weight excluding hydrogens is 404 g/mol. The second-order valence-corrected chi connectivity index (χ2v) is 8.12. The van der Waals surface area contributed by atoms with Crippen molar-refractivity contribution in [1.29, 1.82) is 0 Å². The van der Waals surface area contributed by atoms with E-state index in [9.17, 15) is 9.59 Å². The fourth-order valence-corrected chi connectivity index (χ4v) is 4.64. The number of ketones is 1. The molecule has 4 rings (SSSR count). The number of allylic oxidation sites excluding steroid dienone is 3. The van der Waals surface area contributed by atoms with Gasteiger partial charge in [0.15, 0.2) is 17.3 Å². The highest BCUT2D eigenvalue weighted by atomic mass is 16.5. The third-order valence-corrected chi connectivity index (χ3v) is 6.16. The zero-order chi connectivity index (χ0) is 22.8. The van der Waals surface area contributed by atoms with Gasteiger partial charge in [-0.3, -0.25) is 9.59 Å². The predicted molar refractivity (Wildman–Crippen MR) is 124 cm³/mol. The van der Waals surface area contributed by atoms with Gasteiger partial charge in [-0.25, -0.2) is 0 Å². The van der Waals surface area contributed by atoms with E-state index in [-0.39, 0.29) is 11.7 Å². The molecule has 2 N–H and O–H groups in total. The molecule has 1 aliphatic heterocycles. The lowest BCUT2D eigenvalue weighted by Gasteiger charge is -2.35. The largest absolute Gasteiger partial charge is 0.493 e. The highest BCUT2D eigenvalue weighted by Crippen LogP contribution is 2.47. The molecule has 166 valence electrons. The van der Waals surface area contributed by atoms with Crippen LogP contribution in [-0.4, -0.2) is 25.9 Å². The summed E-state index contributed by atoms with van der Waals surface area (Å²) < 4.78 is 11.2. The van der Waals surface area contributed by atoms with Crippen molar-refractivity contribution in [1.82, 2.24) is 5.32 Å². The van der Waals surface area contributed by atoms with Gasteiger partial charge in [-0.15, -0.1) is 0 Å². The van der Waals surface area contributed by atoms with Crippen LogP contribution in [0.1, 0.15) is 43.2 Å². The molecule has 0 fully saturated rings. The lowest BCUT2D eigenvalue weighted by Crippen LogP contribution is -2.35. The Morgan fingerprint density at radius 1 is 1.03 bits per heavy atom. The van der Waals surface area contributed by atoms with Crippen molar-refractivity contribution in [3.63, 3.8) is 0 Å². The molecule has 1 atom stereocenters. The molecule has 32 heavy (non-hydrogen) atoms. The minimum Gasteiger partial charge on any atom is -0.493 e. The molecule has 1 aliphatic carbocycles. The zero-order valence-corrected chi connectivity index (χ0v) is 18.9. The van der Waals surface area contributed by atoms with E-state index in [1.165, 1.54) is 0 Å². The summed E-state index contributed by atoms with van der Waals surface area (Å²) in [6, 6.07) is 13.2. The van der Waals surface area contributed by atoms with Gasteiger partial charge in [0.05, 0.1) is 20.1 Å². The van der Waals surface area contributed by atoms with E-state index in [4.69, 9.17) is 9.47 Å². The maximum Gasteiger partial charge on any atom is 0.254 e. The van der Waals surface area contributed by atoms with E-state index >= 15 is 0 Å². The molecule has 1 unspecified atom stereocenters. The first-order valence-corrected chi connectivity index (χ1v) is 10.8. The highest BCUT2D eigenvalue weighted by molar-refractivity contribution is 6.10. The Hall–Kier alpha value is -3.54. The number of dihydropyridines is 1. The summed E-state index contributed by atoms with van der Waals surface area (Å²) in [5.41, 5.74) is 5.22. The number of carbonyl (C=O) groups excluding carboxylic acids is 2. The molecule has 2 aromatic carbocycles. The number of benzene rings is 2. The summed E-state index contributed by atoms with van der Waals surface area (Å²) in [5.74, 6) is 0.353. The van der Waals surface area contributed by atoms with E-state index in [2.05, 4.69) is 10.6 Å². The number of anilines is 1. The quantitative estimate of drug-likeness (QED) is 0.721. The van der Waals surface area contributed by atoms with Crippen molar-refractivity contribution >= 4 is 17.4 Å². The topological polar surface area (TPSA) is 76.7 Å². The van der Waals surface area contributed by atoms with Gasteiger partial charge < -0.3 is 20.1 Å². The summed E-state index contributed by atoms with van der Waals surface area (Å²) in [5, 5.41) is 6.40. The molecule has 0 saturated carbocycles. The summed E-state index contributed by atoms with van der Waals surface area (Å²) in [7, 11) is 3.15. The summed E-state index contributed by atoms with van der Waals surface area (Å²) in [4.78, 5) is 26.8. The van der Waals surface area contributed by atoms with Gasteiger partial charge in [0.1, 0.15) is 0 Å². The number of aryl methyl sites for hydroxylation is 1. The first-order valence-electron chi connectivity index (χ1n) is 10.8. The summed E-state index contributed by atoms with van der Waals surface area (Å²) in [6.45, 7) is 3.83. The van der Waals surface area contributed by atoms with Gasteiger partial charge in [0, 0.05) is 40.2 Å². The second-order valence-electron chi connectivity index (χ2n) is 8.12. The minimum atomic E-state index is -0.548. The number of hydrogen-bond donors (Lipinski definition) is 2. The normalized spacial score (nSPS) is 18.1. The molecule has 0 aromatic heterocycles. The molecule has 6 heteroatoms. The Labute approximate surface area is 188 Å². The Morgan fingerprint density at radius 2 is 1.81 bits per heavy atom. The van der Waals surface area contributed by atoms with E-state index < -0.39 is 5.92 Å². The van der Waals surface area contributed by atoms with Crippen LogP contribution >= 0.6 is 0 Å². The van der Waals surface area contributed by atoms with Crippen LogP contribution in [0.4, 0.5) is 5.69 Å². The number of nitrogens with one attached hydrogen (secondary N) is 2. The number of rotatable bonds is 5. The number of carbonyl (C=O) groups is 2. The van der Waals surface area contributed by atoms with Crippen LogP contribution in [0.5, 0.6) is 11.5 Å². The van der Waals surface area contributed by atoms with Crippen molar-refractivity contribution in [2.75, 3.05) is 19.5 Å². The third-order valence-electron chi connectivity index (χ3n) is 6.16. The molecule has 0 spiro atoms. The molecule has 2 aromatic rings. The molecule has 1 heterocycles. The maximum absolute atomic E-state index is 13.6. The molecule has 2 aliphatic rings. The minimum absolute atomic E-state index is 0.0577. The Bertz CT molecular complexity index is 1150. The van der Waals surface area contributed by atoms with E-state index in [1.807, 2.05) is 56.3 Å². The zero-order valence-electron chi connectivity index (χ0n) is 18.9. The van der Waals surface area contributed by atoms with E-state index in [0.717, 1.165) is 41.1 Å². The Morgan fingerprint density at radius 3 is 2.53 bits per heavy atom. The molecule has 0 radical (unpaired) electrons. The standard InChI is InChI=1S/C26H28N2O4/c1-15-9-5-6-11-18(15)28-26(30)22-16(2)27-19-12-8-13-20(29)24(19)23(22)17-10-7-14-21(31-3)25(17)32-4/h5-7,9-11,14,23,27H,8,12-13H2,1-4H3,(H,28,30). The smallest absolute Gasteiger partial charge is 0.254 e. The van der Waals surface area contributed by atoms with Gasteiger partial charge >= 0.3 is 0 Å². The van der Waals surface area contributed by atoms with Gasteiger partial charge in [-0.05, 0) is 44.4 Å². The number of para-hydroxylation sites is 2. The van der Waals surface area contributed by atoms with Crippen LogP contribution in [0, 0.1) is 6.92 Å². The lowest BCUT2D eigenvalue weighted by molar-refractivity contribution is -0.116. The third kappa shape index (κ3) is 3.77. The molecular formula is C26H28N2O4. The van der Waals surface area contributed by atoms with Crippen LogP contribution in [0.25, 0.3) is 0 Å². The van der Waals surface area contributed by atoms with Crippen LogP contribution in [-0.2, 0) is 9.59 Å². The molecule has 6 nitrogen and oxygen atoms in total. The average molecular weight is 433 g/mol. The van der Waals surface area contributed by atoms with Crippen molar-refractivity contribution in [3.05, 3.63) is 76.1 Å². The summed E-state index contributed by atoms with van der Waals surface area (Å²) >= 11 is 0. The summed E-state index contributed by atoms with van der Waals surface area (Å²) in [6.07, 6.45) is 2.04. The predicted octanol–water partition coefficient (Wildman–Crippen LogP) is 4.62. The fourth-order valence-electron chi connectivity index (χ4n) is 4.64. The number of hydrogen-bond acceptors (Lipinski definition) is 5. The van der Waals surface area contributed by atoms with Crippen LogP contribution in [0.15, 0.2) is 65.0 Å². The number of Topliss-reactive ketones (excluding diaryl/α,β-unsaturated/α-hetero) is 1. The first-order chi connectivity index (χ1) is 15.5. The van der Waals surface area contributed by atoms with Gasteiger partial charge in [0.25, 0.3) is 5.91 Å². The van der Waals surface area contributed by atoms with Crippen molar-refractivity contribution < 1.29 is 19.1 Å². The van der Waals surface area contributed by atoms with E-state index in [0.29, 0.717) is 29.1 Å². The Balaban J connectivity index is 1.87. The average Bonchev–Trinajstić information content (AvgIpc) is 2.79. The highest BCUT2D eigenvalue weighted by Gasteiger charge is 2.40. The molecule has 0 saturated heterocycles. The van der Waals surface area contributed by atoms with Crippen LogP contribution < -0.4 is 20.1 Å². The second kappa shape index (κ2) is 8.91. The molecule has 1 amide bonds. The first kappa shape index (κ1) is 21.7. The fraction of sp³-hybridized carbons (Fsp3) is 0.308. The monoisotopic (exact) mass is 432 g/mol. The number of methoxy groups -OCH3 is 2. The number of ether oxygens (including phenoxy) is 2.